The topological polar surface area (TPSA) is 91.3 Å². The molecule has 8 nitrogen and oxygen atoms in total. The van der Waals surface area contributed by atoms with Crippen LogP contribution in [0, 0.1) is 0 Å². The van der Waals surface area contributed by atoms with Gasteiger partial charge in [-0.1, -0.05) is 207 Å². The molecule has 0 fully saturated rings. The number of phosphoric ester groups is 1. The first-order valence-electron chi connectivity index (χ1n) is 27.6. The minimum atomic E-state index is -4.31. The number of hydrogen-bond acceptors (Lipinski definition) is 6. The number of hydrogen-bond donors (Lipinski definition) is 1. The molecule has 9 heteroatoms. The van der Waals surface area contributed by atoms with Crippen LogP contribution in [0.3, 0.4) is 0 Å². The zero-order chi connectivity index (χ0) is 50.5. The minimum Gasteiger partial charge on any atom is -0.457 e. The van der Waals surface area contributed by atoms with Crippen LogP contribution >= 0.6 is 7.82 Å². The van der Waals surface area contributed by atoms with E-state index >= 15 is 0 Å². The molecule has 0 bridgehead atoms. The number of likely N-dealkylation sites (N-methyl/N-ethyl adjacent to an activating group) is 1. The molecule has 0 saturated carbocycles. The van der Waals surface area contributed by atoms with Crippen LogP contribution in [-0.4, -0.2) is 75.6 Å². The van der Waals surface area contributed by atoms with Crippen molar-refractivity contribution < 1.29 is 37.3 Å². The zero-order valence-electron chi connectivity index (χ0n) is 45.0. The van der Waals surface area contributed by atoms with E-state index in [0.29, 0.717) is 24.1 Å². The highest BCUT2D eigenvalue weighted by atomic mass is 31.2. The summed E-state index contributed by atoms with van der Waals surface area (Å²) in [5, 5.41) is 0. The van der Waals surface area contributed by atoms with Gasteiger partial charge in [0.1, 0.15) is 19.3 Å². The predicted molar refractivity (Wildman–Crippen MR) is 297 cm³/mol. The van der Waals surface area contributed by atoms with E-state index in [2.05, 4.69) is 123 Å². The Morgan fingerprint density at radius 1 is 0.464 bits per heavy atom. The first-order chi connectivity index (χ1) is 33.6. The van der Waals surface area contributed by atoms with Crippen molar-refractivity contribution in [1.82, 2.24) is 0 Å². The Bertz CT molecular complexity index is 1470. The number of carbonyl (C=O) groups excluding carboxylic acids is 1. The van der Waals surface area contributed by atoms with Gasteiger partial charge in [-0.15, -0.1) is 0 Å². The number of rotatable bonds is 50. The fraction of sp³-hybridized carbons (Fsp3) is 0.683. The van der Waals surface area contributed by atoms with E-state index < -0.39 is 13.9 Å². The van der Waals surface area contributed by atoms with Crippen molar-refractivity contribution in [3.63, 3.8) is 0 Å². The third-order valence-corrected chi connectivity index (χ3v) is 12.3. The molecule has 0 rings (SSSR count). The van der Waals surface area contributed by atoms with Crippen LogP contribution in [0.2, 0.25) is 0 Å². The third-order valence-electron chi connectivity index (χ3n) is 11.3. The highest BCUT2D eigenvalue weighted by Crippen LogP contribution is 2.43. The summed E-state index contributed by atoms with van der Waals surface area (Å²) in [7, 11) is 1.62. The van der Waals surface area contributed by atoms with Crippen molar-refractivity contribution >= 4 is 13.8 Å². The molecule has 2 unspecified atom stereocenters. The maximum absolute atomic E-state index is 12.8. The largest absolute Gasteiger partial charge is 0.472 e. The molecule has 0 aliphatic rings. The van der Waals surface area contributed by atoms with E-state index in [-0.39, 0.29) is 32.2 Å². The fourth-order valence-electron chi connectivity index (χ4n) is 7.09. The standard InChI is InChI=1S/C60H104NO7P/c1-6-8-10-12-14-16-18-20-22-24-26-28-29-30-31-32-34-36-38-40-42-44-46-48-50-52-55-65-57-59(58-67-69(63,64)66-56-54-61(3,4)5)68-60(62)53-51-49-47-45-43-41-39-37-35-33-27-25-23-21-19-17-15-13-11-9-7-2/h9,11,15,17-18,20-21,23-24,26-27,29-30,33,37,39,43,45,59H,6-8,10,12-14,16,19,22,25,28,31-32,34-36,38,40-42,44,46-58H2,1-5H3/p+1/b11-9-,17-15-,20-18-,23-21-,26-24-,30-29-,33-27-,39-37-,45-43-. The summed E-state index contributed by atoms with van der Waals surface area (Å²) in [6.45, 7) is 5.42. The van der Waals surface area contributed by atoms with Crippen LogP contribution in [0.1, 0.15) is 206 Å². The number of allylic oxidation sites excluding steroid dienone is 18. The van der Waals surface area contributed by atoms with Crippen LogP contribution in [-0.2, 0) is 27.9 Å². The highest BCUT2D eigenvalue weighted by molar-refractivity contribution is 7.47. The third kappa shape index (κ3) is 56.0. The average molecular weight is 983 g/mol. The molecular formula is C60H105NO7P+. The van der Waals surface area contributed by atoms with E-state index in [1.807, 2.05) is 21.1 Å². The molecule has 1 N–H and O–H groups in total. The van der Waals surface area contributed by atoms with Gasteiger partial charge in [0, 0.05) is 13.0 Å². The van der Waals surface area contributed by atoms with Crippen molar-refractivity contribution in [3.05, 3.63) is 109 Å². The maximum atomic E-state index is 12.8. The molecule has 0 radical (unpaired) electrons. The molecule has 69 heavy (non-hydrogen) atoms. The van der Waals surface area contributed by atoms with E-state index in [4.69, 9.17) is 18.5 Å². The van der Waals surface area contributed by atoms with Crippen molar-refractivity contribution in [3.8, 4) is 0 Å². The molecule has 0 aliphatic heterocycles. The van der Waals surface area contributed by atoms with E-state index in [1.54, 1.807) is 0 Å². The van der Waals surface area contributed by atoms with Crippen molar-refractivity contribution in [2.45, 2.75) is 213 Å². The second kappa shape index (κ2) is 51.5. The summed E-state index contributed by atoms with van der Waals surface area (Å²) in [5.41, 5.74) is 0. The van der Waals surface area contributed by atoms with Crippen LogP contribution in [0.15, 0.2) is 109 Å². The van der Waals surface area contributed by atoms with Gasteiger partial charge in [0.2, 0.25) is 0 Å². The molecule has 0 heterocycles. The van der Waals surface area contributed by atoms with Crippen LogP contribution in [0.5, 0.6) is 0 Å². The zero-order valence-corrected chi connectivity index (χ0v) is 45.9. The molecule has 0 aliphatic carbocycles. The van der Waals surface area contributed by atoms with Crippen LogP contribution < -0.4 is 0 Å². The molecule has 2 atom stereocenters. The Morgan fingerprint density at radius 3 is 1.26 bits per heavy atom. The normalized spacial score (nSPS) is 14.3. The number of carbonyl (C=O) groups is 1. The summed E-state index contributed by atoms with van der Waals surface area (Å²) in [6.07, 6.45) is 72.9. The quantitative estimate of drug-likeness (QED) is 0.0213. The van der Waals surface area contributed by atoms with Crippen LogP contribution in [0.25, 0.3) is 0 Å². The van der Waals surface area contributed by atoms with E-state index in [0.717, 1.165) is 77.0 Å². The lowest BCUT2D eigenvalue weighted by Gasteiger charge is -2.24. The average Bonchev–Trinajstić information content (AvgIpc) is 3.31. The lowest BCUT2D eigenvalue weighted by Crippen LogP contribution is -2.37. The monoisotopic (exact) mass is 983 g/mol. The summed E-state index contributed by atoms with van der Waals surface area (Å²) in [4.78, 5) is 23.0. The number of esters is 1. The Morgan fingerprint density at radius 2 is 0.841 bits per heavy atom. The first-order valence-corrected chi connectivity index (χ1v) is 29.1. The van der Waals surface area contributed by atoms with Crippen molar-refractivity contribution in [2.24, 2.45) is 0 Å². The summed E-state index contributed by atoms with van der Waals surface area (Å²) in [5.74, 6) is -0.359. The van der Waals surface area contributed by atoms with Gasteiger partial charge in [-0.2, -0.15) is 0 Å². The van der Waals surface area contributed by atoms with Crippen LogP contribution in [0.4, 0.5) is 0 Å². The summed E-state index contributed by atoms with van der Waals surface area (Å²) in [6, 6.07) is 0. The van der Waals surface area contributed by atoms with Gasteiger partial charge in [-0.3, -0.25) is 13.8 Å². The summed E-state index contributed by atoms with van der Waals surface area (Å²) < 4.78 is 35.2. The lowest BCUT2D eigenvalue weighted by molar-refractivity contribution is -0.870. The number of nitrogens with zero attached hydrogens (tertiary/aromatic N) is 1. The Balaban J connectivity index is 4.20. The number of phosphoric acid groups is 1. The van der Waals surface area contributed by atoms with Gasteiger partial charge in [0.15, 0.2) is 0 Å². The van der Waals surface area contributed by atoms with Gasteiger partial charge >= 0.3 is 13.8 Å². The first kappa shape index (κ1) is 66.2. The minimum absolute atomic E-state index is 0.0732. The number of unbranched alkanes of at least 4 members (excludes halogenated alkanes) is 18. The molecule has 0 aromatic carbocycles. The predicted octanol–water partition coefficient (Wildman–Crippen LogP) is 17.5. The molecule has 0 aromatic heterocycles. The maximum Gasteiger partial charge on any atom is 0.472 e. The molecular weight excluding hydrogens is 878 g/mol. The van der Waals surface area contributed by atoms with Gasteiger partial charge < -0.3 is 18.9 Å². The Labute approximate surface area is 425 Å². The van der Waals surface area contributed by atoms with Gasteiger partial charge in [0.25, 0.3) is 0 Å². The Kier molecular flexibility index (Phi) is 49.4. The molecule has 396 valence electrons. The number of ether oxygens (including phenoxy) is 2. The molecule has 0 spiro atoms. The molecule has 0 amide bonds. The smallest absolute Gasteiger partial charge is 0.457 e. The molecule has 0 saturated heterocycles. The fourth-order valence-corrected chi connectivity index (χ4v) is 7.83. The second-order valence-electron chi connectivity index (χ2n) is 19.2. The molecule has 0 aromatic rings. The van der Waals surface area contributed by atoms with Gasteiger partial charge in [-0.25, -0.2) is 4.57 Å². The van der Waals surface area contributed by atoms with Gasteiger partial charge in [0.05, 0.1) is 34.4 Å². The number of quaternary nitrogens is 1. The highest BCUT2D eigenvalue weighted by Gasteiger charge is 2.26. The van der Waals surface area contributed by atoms with Gasteiger partial charge in [-0.05, 0) is 103 Å². The van der Waals surface area contributed by atoms with E-state index in [1.165, 1.54) is 103 Å². The van der Waals surface area contributed by atoms with Crippen molar-refractivity contribution in [2.75, 3.05) is 54.1 Å². The summed E-state index contributed by atoms with van der Waals surface area (Å²) >= 11 is 0. The van der Waals surface area contributed by atoms with Crippen molar-refractivity contribution in [1.29, 1.82) is 0 Å². The second-order valence-corrected chi connectivity index (χ2v) is 20.7. The lowest BCUT2D eigenvalue weighted by atomic mass is 10.1. The SMILES string of the molecule is CC/C=C\C/C=C\C/C=C\C/C=C\C/C=C\C/C=C\CCCCC(=O)OC(COCCCCCCCCCCCCC/C=C\C/C=C\C/C=C\CCCCCCC)COP(=O)(O)OCC[N+](C)(C)C. The van der Waals surface area contributed by atoms with E-state index in [9.17, 15) is 14.3 Å². The Hall–Kier alpha value is -2.84.